The van der Waals surface area contributed by atoms with Crippen LogP contribution in [0.25, 0.3) is 0 Å². The van der Waals surface area contributed by atoms with Gasteiger partial charge in [-0.2, -0.15) is 12.7 Å². The summed E-state index contributed by atoms with van der Waals surface area (Å²) < 4.78 is 23.6. The van der Waals surface area contributed by atoms with Crippen molar-refractivity contribution in [2.45, 2.75) is 13.8 Å². The standard InChI is InChI=1S/C12H18N4O3S/c1-9-3-4-11(10(2)14-9)12(17)15-5-7-16(8-6-15)20(13,18)19/h3-4H,5-8H2,1-2H3,(H2,13,18,19). The van der Waals surface area contributed by atoms with E-state index in [1.807, 2.05) is 6.92 Å². The van der Waals surface area contributed by atoms with Gasteiger partial charge in [0.05, 0.1) is 11.3 Å². The number of carbonyl (C=O) groups excluding carboxylic acids is 1. The first-order valence-electron chi connectivity index (χ1n) is 6.30. The number of rotatable bonds is 2. The van der Waals surface area contributed by atoms with Crippen LogP contribution in [0.2, 0.25) is 0 Å². The first-order chi connectivity index (χ1) is 9.29. The second-order valence-electron chi connectivity index (χ2n) is 4.82. The summed E-state index contributed by atoms with van der Waals surface area (Å²) in [5.41, 5.74) is 2.10. The van der Waals surface area contributed by atoms with Crippen LogP contribution in [0, 0.1) is 13.8 Å². The number of pyridine rings is 1. The van der Waals surface area contributed by atoms with Crippen LogP contribution in [-0.2, 0) is 10.2 Å². The van der Waals surface area contributed by atoms with Crippen molar-refractivity contribution in [1.82, 2.24) is 14.2 Å². The largest absolute Gasteiger partial charge is 0.336 e. The fourth-order valence-electron chi connectivity index (χ4n) is 2.23. The predicted octanol–water partition coefficient (Wildman–Crippen LogP) is -0.340. The van der Waals surface area contributed by atoms with Crippen molar-refractivity contribution < 1.29 is 13.2 Å². The third-order valence-electron chi connectivity index (χ3n) is 3.34. The number of carbonyl (C=O) groups is 1. The highest BCUT2D eigenvalue weighted by Gasteiger charge is 2.27. The van der Waals surface area contributed by atoms with Gasteiger partial charge in [-0.05, 0) is 26.0 Å². The molecule has 0 saturated carbocycles. The molecule has 2 heterocycles. The van der Waals surface area contributed by atoms with Gasteiger partial charge in [0.2, 0.25) is 0 Å². The van der Waals surface area contributed by atoms with E-state index < -0.39 is 10.2 Å². The average Bonchev–Trinajstić information content (AvgIpc) is 2.37. The summed E-state index contributed by atoms with van der Waals surface area (Å²) in [4.78, 5) is 18.3. The number of hydrogen-bond acceptors (Lipinski definition) is 4. The van der Waals surface area contributed by atoms with Gasteiger partial charge >= 0.3 is 0 Å². The lowest BCUT2D eigenvalue weighted by atomic mass is 10.1. The van der Waals surface area contributed by atoms with Crippen LogP contribution < -0.4 is 5.14 Å². The third kappa shape index (κ3) is 3.14. The smallest absolute Gasteiger partial charge is 0.277 e. The zero-order valence-corrected chi connectivity index (χ0v) is 12.4. The molecule has 0 radical (unpaired) electrons. The maximum Gasteiger partial charge on any atom is 0.277 e. The predicted molar refractivity (Wildman–Crippen MR) is 74.3 cm³/mol. The number of nitrogens with zero attached hydrogens (tertiary/aromatic N) is 3. The van der Waals surface area contributed by atoms with E-state index in [-0.39, 0.29) is 19.0 Å². The molecule has 110 valence electrons. The van der Waals surface area contributed by atoms with Crippen molar-refractivity contribution in [2.75, 3.05) is 26.2 Å². The van der Waals surface area contributed by atoms with Crippen molar-refractivity contribution >= 4 is 16.1 Å². The van der Waals surface area contributed by atoms with E-state index in [0.717, 1.165) is 5.69 Å². The highest BCUT2D eigenvalue weighted by Crippen LogP contribution is 2.13. The molecule has 0 spiro atoms. The summed E-state index contributed by atoms with van der Waals surface area (Å²) in [6, 6.07) is 3.55. The summed E-state index contributed by atoms with van der Waals surface area (Å²) >= 11 is 0. The van der Waals surface area contributed by atoms with E-state index in [1.165, 1.54) is 4.31 Å². The number of aryl methyl sites for hydroxylation is 2. The first kappa shape index (κ1) is 14.9. The van der Waals surface area contributed by atoms with Crippen LogP contribution in [0.15, 0.2) is 12.1 Å². The van der Waals surface area contributed by atoms with Crippen molar-refractivity contribution in [2.24, 2.45) is 5.14 Å². The Balaban J connectivity index is 2.09. The Hall–Kier alpha value is -1.51. The first-order valence-corrected chi connectivity index (χ1v) is 7.81. The Labute approximate surface area is 118 Å². The summed E-state index contributed by atoms with van der Waals surface area (Å²) in [6.45, 7) is 4.78. The van der Waals surface area contributed by atoms with Crippen molar-refractivity contribution in [1.29, 1.82) is 0 Å². The highest BCUT2D eigenvalue weighted by molar-refractivity contribution is 7.86. The molecule has 7 nitrogen and oxygen atoms in total. The molecule has 2 rings (SSSR count). The molecule has 1 aliphatic heterocycles. The number of aromatic nitrogens is 1. The molecule has 1 fully saturated rings. The Morgan fingerprint density at radius 2 is 1.80 bits per heavy atom. The second-order valence-corrected chi connectivity index (χ2v) is 6.37. The van der Waals surface area contributed by atoms with Crippen molar-refractivity contribution in [3.05, 3.63) is 29.1 Å². The van der Waals surface area contributed by atoms with Gasteiger partial charge in [-0.1, -0.05) is 0 Å². The quantitative estimate of drug-likeness (QED) is 0.807. The Morgan fingerprint density at radius 1 is 1.20 bits per heavy atom. The normalized spacial score (nSPS) is 17.2. The molecule has 0 bridgehead atoms. The molecular weight excluding hydrogens is 280 g/mol. The van der Waals surface area contributed by atoms with E-state index in [4.69, 9.17) is 5.14 Å². The van der Waals surface area contributed by atoms with Crippen LogP contribution >= 0.6 is 0 Å². The summed E-state index contributed by atoms with van der Waals surface area (Å²) in [5.74, 6) is -0.121. The molecule has 0 aliphatic carbocycles. The third-order valence-corrected chi connectivity index (χ3v) is 4.43. The molecule has 1 aromatic rings. The molecule has 1 saturated heterocycles. The van der Waals surface area contributed by atoms with Gasteiger partial charge in [0.25, 0.3) is 16.1 Å². The number of nitrogens with two attached hydrogens (primary N) is 1. The molecule has 1 aromatic heterocycles. The van der Waals surface area contributed by atoms with E-state index in [2.05, 4.69) is 4.98 Å². The van der Waals surface area contributed by atoms with Gasteiger partial charge in [-0.15, -0.1) is 0 Å². The molecular formula is C12H18N4O3S. The van der Waals surface area contributed by atoms with Gasteiger partial charge in [-0.3, -0.25) is 9.78 Å². The van der Waals surface area contributed by atoms with Crippen LogP contribution in [0.3, 0.4) is 0 Å². The monoisotopic (exact) mass is 298 g/mol. The van der Waals surface area contributed by atoms with Crippen molar-refractivity contribution in [3.63, 3.8) is 0 Å². The maximum atomic E-state index is 12.4. The molecule has 1 aliphatic rings. The molecule has 0 unspecified atom stereocenters. The molecule has 0 aromatic carbocycles. The van der Waals surface area contributed by atoms with Gasteiger partial charge in [0.1, 0.15) is 0 Å². The minimum atomic E-state index is -3.67. The lowest BCUT2D eigenvalue weighted by Gasteiger charge is -2.33. The molecule has 8 heteroatoms. The van der Waals surface area contributed by atoms with Crippen LogP contribution in [0.5, 0.6) is 0 Å². The summed E-state index contributed by atoms with van der Waals surface area (Å²) in [7, 11) is -3.67. The van der Waals surface area contributed by atoms with Gasteiger partial charge in [-0.25, -0.2) is 5.14 Å². The summed E-state index contributed by atoms with van der Waals surface area (Å²) in [6.07, 6.45) is 0. The fourth-order valence-corrected chi connectivity index (χ4v) is 2.90. The Kier molecular flexibility index (Phi) is 4.07. The maximum absolute atomic E-state index is 12.4. The van der Waals surface area contributed by atoms with E-state index in [9.17, 15) is 13.2 Å². The Bertz CT molecular complexity index is 622. The van der Waals surface area contributed by atoms with Gasteiger partial charge < -0.3 is 4.90 Å². The molecule has 2 N–H and O–H groups in total. The van der Waals surface area contributed by atoms with Crippen molar-refractivity contribution in [3.8, 4) is 0 Å². The topological polar surface area (TPSA) is 96.6 Å². The lowest BCUT2D eigenvalue weighted by Crippen LogP contribution is -2.52. The van der Waals surface area contributed by atoms with Crippen LogP contribution in [0.1, 0.15) is 21.7 Å². The zero-order chi connectivity index (χ0) is 14.9. The van der Waals surface area contributed by atoms with Gasteiger partial charge in [0, 0.05) is 31.9 Å². The zero-order valence-electron chi connectivity index (χ0n) is 11.5. The summed E-state index contributed by atoms with van der Waals surface area (Å²) in [5, 5.41) is 5.07. The van der Waals surface area contributed by atoms with E-state index in [0.29, 0.717) is 24.3 Å². The van der Waals surface area contributed by atoms with Gasteiger partial charge in [0.15, 0.2) is 0 Å². The van der Waals surface area contributed by atoms with Crippen LogP contribution in [0.4, 0.5) is 0 Å². The lowest BCUT2D eigenvalue weighted by molar-refractivity contribution is 0.0696. The molecule has 1 amide bonds. The minimum Gasteiger partial charge on any atom is -0.336 e. The van der Waals surface area contributed by atoms with E-state index >= 15 is 0 Å². The Morgan fingerprint density at radius 3 is 2.30 bits per heavy atom. The highest BCUT2D eigenvalue weighted by atomic mass is 32.2. The SMILES string of the molecule is Cc1ccc(C(=O)N2CCN(S(N)(=O)=O)CC2)c(C)n1. The second kappa shape index (κ2) is 5.47. The molecule has 0 atom stereocenters. The number of amides is 1. The average molecular weight is 298 g/mol. The van der Waals surface area contributed by atoms with Crippen LogP contribution in [-0.4, -0.2) is 54.7 Å². The minimum absolute atomic E-state index is 0.121. The fraction of sp³-hybridized carbons (Fsp3) is 0.500. The number of piperazine rings is 1. The molecule has 20 heavy (non-hydrogen) atoms. The number of hydrogen-bond donors (Lipinski definition) is 1. The van der Waals surface area contributed by atoms with E-state index in [1.54, 1.807) is 24.0 Å².